The van der Waals surface area contributed by atoms with Crippen LogP contribution in [0.15, 0.2) is 11.2 Å². The molecule has 1 aromatic rings. The van der Waals surface area contributed by atoms with E-state index in [1.165, 1.54) is 0 Å². The summed E-state index contributed by atoms with van der Waals surface area (Å²) in [6.45, 7) is 5.70. The summed E-state index contributed by atoms with van der Waals surface area (Å²) in [7, 11) is -3.51. The molecule has 1 saturated carbocycles. The molecule has 1 aliphatic carbocycles. The molecule has 0 spiro atoms. The SMILES string of the molecule is CCCn1cc(S(=O)(=O)N(CCCN)C2CCC2)nc1C. The van der Waals surface area contributed by atoms with Gasteiger partial charge in [0.2, 0.25) is 0 Å². The number of aromatic nitrogens is 2. The smallest absolute Gasteiger partial charge is 0.262 e. The van der Waals surface area contributed by atoms with Gasteiger partial charge in [-0.15, -0.1) is 0 Å². The Morgan fingerprint density at radius 2 is 2.19 bits per heavy atom. The molecule has 0 aromatic carbocycles. The Labute approximate surface area is 127 Å². The van der Waals surface area contributed by atoms with E-state index in [0.717, 1.165) is 38.1 Å². The zero-order valence-corrected chi connectivity index (χ0v) is 13.8. The molecule has 1 aromatic heterocycles. The molecule has 120 valence electrons. The fraction of sp³-hybridized carbons (Fsp3) is 0.786. The molecule has 0 bridgehead atoms. The minimum Gasteiger partial charge on any atom is -0.334 e. The van der Waals surface area contributed by atoms with Gasteiger partial charge in [0.15, 0.2) is 5.03 Å². The fourth-order valence-electron chi connectivity index (χ4n) is 2.61. The van der Waals surface area contributed by atoms with Crippen molar-refractivity contribution in [2.45, 2.75) is 63.6 Å². The van der Waals surface area contributed by atoms with Gasteiger partial charge in [0.05, 0.1) is 0 Å². The third kappa shape index (κ3) is 3.46. The van der Waals surface area contributed by atoms with Gasteiger partial charge in [0.25, 0.3) is 10.0 Å². The van der Waals surface area contributed by atoms with Crippen molar-refractivity contribution in [1.29, 1.82) is 0 Å². The van der Waals surface area contributed by atoms with Gasteiger partial charge in [0.1, 0.15) is 5.82 Å². The average Bonchev–Trinajstić information content (AvgIpc) is 2.75. The van der Waals surface area contributed by atoms with Gasteiger partial charge in [-0.05, 0) is 39.2 Å². The molecule has 1 fully saturated rings. The van der Waals surface area contributed by atoms with E-state index >= 15 is 0 Å². The zero-order valence-electron chi connectivity index (χ0n) is 13.0. The van der Waals surface area contributed by atoms with Crippen LogP contribution in [-0.4, -0.2) is 41.4 Å². The molecule has 0 aliphatic heterocycles. The lowest BCUT2D eigenvalue weighted by Crippen LogP contribution is -2.45. The van der Waals surface area contributed by atoms with Crippen molar-refractivity contribution in [2.24, 2.45) is 5.73 Å². The number of nitrogens with two attached hydrogens (primary N) is 1. The number of hydrogen-bond donors (Lipinski definition) is 1. The standard InChI is InChI=1S/C14H26N4O2S/c1-3-9-17-11-14(16-12(17)2)21(19,20)18(10-5-8-15)13-6-4-7-13/h11,13H,3-10,15H2,1-2H3. The molecule has 0 atom stereocenters. The second-order valence-corrected chi connectivity index (χ2v) is 7.50. The average molecular weight is 314 g/mol. The number of aryl methyl sites for hydroxylation is 2. The fourth-order valence-corrected chi connectivity index (χ4v) is 4.33. The number of sulfonamides is 1. The maximum Gasteiger partial charge on any atom is 0.262 e. The Kier molecular flexibility index (Phi) is 5.40. The summed E-state index contributed by atoms with van der Waals surface area (Å²) in [6, 6.07) is 0.123. The van der Waals surface area contributed by atoms with Crippen LogP contribution in [0.1, 0.15) is 44.9 Å². The summed E-state index contributed by atoms with van der Waals surface area (Å²) >= 11 is 0. The van der Waals surface area contributed by atoms with Gasteiger partial charge >= 0.3 is 0 Å². The van der Waals surface area contributed by atoms with E-state index in [9.17, 15) is 8.42 Å². The maximum absolute atomic E-state index is 12.9. The van der Waals surface area contributed by atoms with Crippen LogP contribution in [0.2, 0.25) is 0 Å². The lowest BCUT2D eigenvalue weighted by molar-refractivity contribution is 0.218. The van der Waals surface area contributed by atoms with Crippen LogP contribution in [0.5, 0.6) is 0 Å². The highest BCUT2D eigenvalue weighted by molar-refractivity contribution is 7.89. The van der Waals surface area contributed by atoms with Crippen molar-refractivity contribution in [3.63, 3.8) is 0 Å². The number of rotatable bonds is 8. The largest absolute Gasteiger partial charge is 0.334 e. The monoisotopic (exact) mass is 314 g/mol. The van der Waals surface area contributed by atoms with Crippen LogP contribution in [0.3, 0.4) is 0 Å². The Hall–Kier alpha value is -0.920. The highest BCUT2D eigenvalue weighted by Gasteiger charge is 2.35. The normalized spacial score (nSPS) is 16.4. The van der Waals surface area contributed by atoms with Gasteiger partial charge in [-0.3, -0.25) is 0 Å². The molecule has 0 saturated heterocycles. The van der Waals surface area contributed by atoms with E-state index in [-0.39, 0.29) is 11.1 Å². The Bertz CT molecular complexity index is 564. The Morgan fingerprint density at radius 3 is 2.71 bits per heavy atom. The van der Waals surface area contributed by atoms with E-state index < -0.39 is 10.0 Å². The minimum absolute atomic E-state index is 0.123. The van der Waals surface area contributed by atoms with Crippen LogP contribution in [0.4, 0.5) is 0 Å². The Morgan fingerprint density at radius 1 is 1.48 bits per heavy atom. The molecule has 0 amide bonds. The molecule has 2 rings (SSSR count). The van der Waals surface area contributed by atoms with Crippen molar-refractivity contribution in [2.75, 3.05) is 13.1 Å². The topological polar surface area (TPSA) is 81.2 Å². The van der Waals surface area contributed by atoms with Gasteiger partial charge in [-0.25, -0.2) is 13.4 Å². The van der Waals surface area contributed by atoms with E-state index in [0.29, 0.717) is 19.5 Å². The van der Waals surface area contributed by atoms with Crippen molar-refractivity contribution in [3.05, 3.63) is 12.0 Å². The molecule has 0 radical (unpaired) electrons. The molecular formula is C14H26N4O2S. The van der Waals surface area contributed by atoms with Gasteiger partial charge in [-0.2, -0.15) is 4.31 Å². The van der Waals surface area contributed by atoms with Gasteiger partial charge in [-0.1, -0.05) is 13.3 Å². The lowest BCUT2D eigenvalue weighted by Gasteiger charge is -2.36. The Balaban J connectivity index is 2.26. The molecule has 21 heavy (non-hydrogen) atoms. The van der Waals surface area contributed by atoms with Crippen LogP contribution in [-0.2, 0) is 16.6 Å². The third-order valence-corrected chi connectivity index (χ3v) is 5.88. The molecular weight excluding hydrogens is 288 g/mol. The van der Waals surface area contributed by atoms with Crippen LogP contribution in [0, 0.1) is 6.92 Å². The summed E-state index contributed by atoms with van der Waals surface area (Å²) in [5, 5.41) is 0.178. The van der Waals surface area contributed by atoms with Gasteiger partial charge < -0.3 is 10.3 Å². The predicted molar refractivity (Wildman–Crippen MR) is 82.5 cm³/mol. The van der Waals surface area contributed by atoms with E-state index in [1.807, 2.05) is 11.5 Å². The molecule has 2 N–H and O–H groups in total. The quantitative estimate of drug-likeness (QED) is 0.788. The first-order valence-corrected chi connectivity index (χ1v) is 9.20. The summed E-state index contributed by atoms with van der Waals surface area (Å²) in [5.41, 5.74) is 5.54. The second-order valence-electron chi connectivity index (χ2n) is 5.66. The molecule has 1 heterocycles. The molecule has 0 unspecified atom stereocenters. The van der Waals surface area contributed by atoms with E-state index in [4.69, 9.17) is 5.73 Å². The summed E-state index contributed by atoms with van der Waals surface area (Å²) in [4.78, 5) is 4.27. The van der Waals surface area contributed by atoms with Crippen molar-refractivity contribution in [1.82, 2.24) is 13.9 Å². The zero-order chi connectivity index (χ0) is 15.5. The van der Waals surface area contributed by atoms with Gasteiger partial charge in [0, 0.05) is 25.3 Å². The number of hydrogen-bond acceptors (Lipinski definition) is 4. The van der Waals surface area contributed by atoms with E-state index in [2.05, 4.69) is 11.9 Å². The van der Waals surface area contributed by atoms with Crippen LogP contribution < -0.4 is 5.73 Å². The van der Waals surface area contributed by atoms with Crippen LogP contribution >= 0.6 is 0 Å². The van der Waals surface area contributed by atoms with E-state index in [1.54, 1.807) is 10.5 Å². The summed E-state index contributed by atoms with van der Waals surface area (Å²) in [5.74, 6) is 0.753. The predicted octanol–water partition coefficient (Wildman–Crippen LogP) is 1.49. The first-order chi connectivity index (χ1) is 10.0. The highest BCUT2D eigenvalue weighted by atomic mass is 32.2. The maximum atomic E-state index is 12.9. The van der Waals surface area contributed by atoms with Crippen molar-refractivity contribution in [3.8, 4) is 0 Å². The molecule has 7 heteroatoms. The first kappa shape index (κ1) is 16.5. The van der Waals surface area contributed by atoms with Crippen LogP contribution in [0.25, 0.3) is 0 Å². The highest BCUT2D eigenvalue weighted by Crippen LogP contribution is 2.29. The summed E-state index contributed by atoms with van der Waals surface area (Å²) < 4.78 is 29.2. The second kappa shape index (κ2) is 6.89. The first-order valence-electron chi connectivity index (χ1n) is 7.76. The molecule has 1 aliphatic rings. The summed E-state index contributed by atoms with van der Waals surface area (Å²) in [6.07, 6.45) is 6.29. The number of imidazole rings is 1. The third-order valence-electron chi connectivity index (χ3n) is 4.06. The minimum atomic E-state index is -3.51. The lowest BCUT2D eigenvalue weighted by atomic mass is 9.93. The van der Waals surface area contributed by atoms with Crippen molar-refractivity contribution < 1.29 is 8.42 Å². The van der Waals surface area contributed by atoms with Crippen molar-refractivity contribution >= 4 is 10.0 Å². The number of nitrogens with zero attached hydrogens (tertiary/aromatic N) is 3. The molecule has 6 nitrogen and oxygen atoms in total.